The summed E-state index contributed by atoms with van der Waals surface area (Å²) in [5, 5.41) is 14.1. The van der Waals surface area contributed by atoms with Gasteiger partial charge >= 0.3 is 0 Å². The molecule has 2 rings (SSSR count). The minimum Gasteiger partial charge on any atom is -0.453 e. The molecule has 2 aromatic rings. The van der Waals surface area contributed by atoms with Crippen LogP contribution in [0.25, 0.3) is 0 Å². The van der Waals surface area contributed by atoms with Crippen LogP contribution in [0.2, 0.25) is 5.22 Å². The minimum absolute atomic E-state index is 0.197. The molecule has 2 heterocycles. The second kappa shape index (κ2) is 3.48. The first-order valence-electron chi connectivity index (χ1n) is 4.09. The van der Waals surface area contributed by atoms with Gasteiger partial charge in [-0.05, 0) is 23.7 Å². The molecular formula is C9H9ClN2O2. The van der Waals surface area contributed by atoms with Crippen molar-refractivity contribution in [3.05, 3.63) is 41.1 Å². The van der Waals surface area contributed by atoms with Crippen molar-refractivity contribution in [1.29, 1.82) is 0 Å². The van der Waals surface area contributed by atoms with Crippen molar-refractivity contribution in [2.75, 3.05) is 0 Å². The van der Waals surface area contributed by atoms with Crippen LogP contribution in [-0.2, 0) is 7.05 Å². The van der Waals surface area contributed by atoms with Crippen molar-refractivity contribution >= 4 is 11.6 Å². The average Bonchev–Trinajstić information content (AvgIpc) is 2.73. The Labute approximate surface area is 85.7 Å². The maximum atomic E-state index is 9.85. The van der Waals surface area contributed by atoms with Crippen molar-refractivity contribution < 1.29 is 9.52 Å². The maximum absolute atomic E-state index is 9.85. The summed E-state index contributed by atoms with van der Waals surface area (Å²) in [7, 11) is 1.78. The van der Waals surface area contributed by atoms with Gasteiger partial charge in [0.1, 0.15) is 6.10 Å². The highest BCUT2D eigenvalue weighted by molar-refractivity contribution is 6.29. The smallest absolute Gasteiger partial charge is 0.199 e. The molecule has 0 bridgehead atoms. The van der Waals surface area contributed by atoms with Crippen molar-refractivity contribution in [1.82, 2.24) is 9.78 Å². The third kappa shape index (κ3) is 1.54. The van der Waals surface area contributed by atoms with E-state index in [-0.39, 0.29) is 5.22 Å². The van der Waals surface area contributed by atoms with E-state index >= 15 is 0 Å². The molecule has 1 unspecified atom stereocenters. The molecular weight excluding hydrogens is 204 g/mol. The third-order valence-electron chi connectivity index (χ3n) is 1.96. The van der Waals surface area contributed by atoms with E-state index in [2.05, 4.69) is 5.10 Å². The largest absolute Gasteiger partial charge is 0.453 e. The van der Waals surface area contributed by atoms with Gasteiger partial charge in [-0.1, -0.05) is 0 Å². The number of aryl methyl sites for hydroxylation is 1. The van der Waals surface area contributed by atoms with Gasteiger partial charge in [0.25, 0.3) is 0 Å². The van der Waals surface area contributed by atoms with Crippen molar-refractivity contribution in [2.24, 2.45) is 7.05 Å². The first-order chi connectivity index (χ1) is 6.68. The molecule has 0 saturated carbocycles. The van der Waals surface area contributed by atoms with Crippen LogP contribution in [0.4, 0.5) is 0 Å². The number of aromatic nitrogens is 2. The molecule has 2 aromatic heterocycles. The zero-order chi connectivity index (χ0) is 10.1. The summed E-state index contributed by atoms with van der Waals surface area (Å²) < 4.78 is 6.50. The Morgan fingerprint density at radius 2 is 2.36 bits per heavy atom. The molecule has 0 aliphatic rings. The number of aliphatic hydroxyl groups excluding tert-OH is 1. The molecule has 1 N–H and O–H groups in total. The van der Waals surface area contributed by atoms with Gasteiger partial charge in [0.2, 0.25) is 0 Å². The molecule has 0 aliphatic heterocycles. The van der Waals surface area contributed by atoms with E-state index in [0.717, 1.165) is 0 Å². The van der Waals surface area contributed by atoms with Crippen LogP contribution in [0.15, 0.2) is 29.0 Å². The quantitative estimate of drug-likeness (QED) is 0.825. The zero-order valence-corrected chi connectivity index (χ0v) is 8.27. The second-order valence-electron chi connectivity index (χ2n) is 2.97. The van der Waals surface area contributed by atoms with E-state index in [0.29, 0.717) is 11.3 Å². The highest BCUT2D eigenvalue weighted by Crippen LogP contribution is 2.27. The minimum atomic E-state index is -0.831. The molecule has 0 amide bonds. The molecule has 5 heteroatoms. The maximum Gasteiger partial charge on any atom is 0.199 e. The molecule has 74 valence electrons. The van der Waals surface area contributed by atoms with Crippen LogP contribution in [0, 0.1) is 0 Å². The van der Waals surface area contributed by atoms with Crippen LogP contribution in [0.5, 0.6) is 0 Å². The number of rotatable bonds is 2. The van der Waals surface area contributed by atoms with Gasteiger partial charge in [-0.15, -0.1) is 0 Å². The van der Waals surface area contributed by atoms with E-state index < -0.39 is 6.10 Å². The van der Waals surface area contributed by atoms with E-state index in [1.54, 1.807) is 30.1 Å². The van der Waals surface area contributed by atoms with Gasteiger partial charge in [-0.2, -0.15) is 5.10 Å². The highest BCUT2D eigenvalue weighted by Gasteiger charge is 2.17. The first kappa shape index (κ1) is 9.30. The molecule has 1 atom stereocenters. The number of nitrogens with zero attached hydrogens (tertiary/aromatic N) is 2. The molecule has 0 aliphatic carbocycles. The fraction of sp³-hybridized carbons (Fsp3) is 0.222. The predicted molar refractivity (Wildman–Crippen MR) is 51.0 cm³/mol. The van der Waals surface area contributed by atoms with Crippen LogP contribution < -0.4 is 0 Å². The van der Waals surface area contributed by atoms with Gasteiger partial charge in [0.15, 0.2) is 5.22 Å². The van der Waals surface area contributed by atoms with E-state index in [1.807, 2.05) is 0 Å². The highest BCUT2D eigenvalue weighted by atomic mass is 35.5. The molecule has 0 fully saturated rings. The number of aliphatic hydroxyl groups is 1. The lowest BCUT2D eigenvalue weighted by molar-refractivity contribution is 0.213. The lowest BCUT2D eigenvalue weighted by Crippen LogP contribution is -2.00. The Bertz CT molecular complexity index is 435. The van der Waals surface area contributed by atoms with Crippen molar-refractivity contribution in [2.45, 2.75) is 6.10 Å². The molecule has 4 nitrogen and oxygen atoms in total. The lowest BCUT2D eigenvalue weighted by Gasteiger charge is -2.04. The van der Waals surface area contributed by atoms with Gasteiger partial charge in [0, 0.05) is 18.8 Å². The molecule has 0 saturated heterocycles. The fourth-order valence-electron chi connectivity index (χ4n) is 1.24. The van der Waals surface area contributed by atoms with Gasteiger partial charge < -0.3 is 9.52 Å². The van der Waals surface area contributed by atoms with Crippen LogP contribution in [0.1, 0.15) is 17.4 Å². The summed E-state index contributed by atoms with van der Waals surface area (Å²) in [6.07, 6.45) is 2.36. The van der Waals surface area contributed by atoms with Crippen LogP contribution in [0.3, 0.4) is 0 Å². The predicted octanol–water partition coefficient (Wildman–Crippen LogP) is 1.75. The Kier molecular flexibility index (Phi) is 2.31. The van der Waals surface area contributed by atoms with Crippen molar-refractivity contribution in [3.63, 3.8) is 0 Å². The average molecular weight is 213 g/mol. The van der Waals surface area contributed by atoms with E-state index in [9.17, 15) is 5.11 Å². The van der Waals surface area contributed by atoms with Gasteiger partial charge in [0.05, 0.1) is 12.0 Å². The van der Waals surface area contributed by atoms with E-state index in [1.165, 1.54) is 6.26 Å². The Morgan fingerprint density at radius 1 is 1.57 bits per heavy atom. The molecule has 0 radical (unpaired) electrons. The summed E-state index contributed by atoms with van der Waals surface area (Å²) in [4.78, 5) is 0. The van der Waals surface area contributed by atoms with Crippen molar-refractivity contribution in [3.8, 4) is 0 Å². The zero-order valence-electron chi connectivity index (χ0n) is 7.51. The first-order valence-corrected chi connectivity index (χ1v) is 4.47. The number of hydrogen-bond acceptors (Lipinski definition) is 3. The van der Waals surface area contributed by atoms with Gasteiger partial charge in [-0.3, -0.25) is 4.68 Å². The number of furan rings is 1. The Balaban J connectivity index is 2.33. The summed E-state index contributed by atoms with van der Waals surface area (Å²) in [5.74, 6) is 0. The molecule has 0 spiro atoms. The second-order valence-corrected chi connectivity index (χ2v) is 3.31. The molecule has 14 heavy (non-hydrogen) atoms. The summed E-state index contributed by atoms with van der Waals surface area (Å²) in [6.45, 7) is 0. The normalized spacial score (nSPS) is 13.1. The lowest BCUT2D eigenvalue weighted by atomic mass is 10.1. The SMILES string of the molecule is Cn1ccc(C(O)c2ccoc2Cl)n1. The Hall–Kier alpha value is -1.26. The fourth-order valence-corrected chi connectivity index (χ4v) is 1.46. The van der Waals surface area contributed by atoms with E-state index in [4.69, 9.17) is 16.0 Å². The molecule has 0 aromatic carbocycles. The number of halogens is 1. The number of hydrogen-bond donors (Lipinski definition) is 1. The third-order valence-corrected chi connectivity index (χ3v) is 2.26. The Morgan fingerprint density at radius 3 is 2.86 bits per heavy atom. The standard InChI is InChI=1S/C9H9ClN2O2/c1-12-4-2-7(11-12)8(13)6-3-5-14-9(6)10/h2-5,8,13H,1H3. The summed E-state index contributed by atoms with van der Waals surface area (Å²) >= 11 is 5.73. The van der Waals surface area contributed by atoms with Gasteiger partial charge in [-0.25, -0.2) is 0 Å². The van der Waals surface area contributed by atoms with Crippen LogP contribution in [-0.4, -0.2) is 14.9 Å². The summed E-state index contributed by atoms with van der Waals surface area (Å²) in [6, 6.07) is 3.36. The summed E-state index contributed by atoms with van der Waals surface area (Å²) in [5.41, 5.74) is 1.08. The topological polar surface area (TPSA) is 51.2 Å². The van der Waals surface area contributed by atoms with Crippen LogP contribution >= 0.6 is 11.6 Å². The monoisotopic (exact) mass is 212 g/mol.